The van der Waals surface area contributed by atoms with Crippen molar-refractivity contribution < 1.29 is 88.9 Å². The summed E-state index contributed by atoms with van der Waals surface area (Å²) in [6.45, 7) is 6.59. The fourth-order valence-electron chi connectivity index (χ4n) is 15.6. The summed E-state index contributed by atoms with van der Waals surface area (Å²) in [6, 6.07) is 8.81. The van der Waals surface area contributed by atoms with Gasteiger partial charge in [-0.1, -0.05) is 72.7 Å². The topological polar surface area (TPSA) is 386 Å². The van der Waals surface area contributed by atoms with E-state index in [0.717, 1.165) is 43.6 Å². The number of rotatable bonds is 24. The molecule has 2 saturated heterocycles. The molecule has 14 N–H and O–H groups in total. The third-order valence-electron chi connectivity index (χ3n) is 19.9. The zero-order chi connectivity index (χ0) is 64.5. The highest BCUT2D eigenvalue weighted by atomic mass is 33.1. The van der Waals surface area contributed by atoms with Crippen LogP contribution < -0.4 is 31.1 Å². The van der Waals surface area contributed by atoms with E-state index in [0.29, 0.717) is 87.5 Å². The van der Waals surface area contributed by atoms with Crippen molar-refractivity contribution in [2.75, 3.05) is 90.2 Å². The first-order valence-electron chi connectivity index (χ1n) is 30.4. The lowest BCUT2D eigenvalue weighted by Crippen LogP contribution is -2.82. The first-order valence-corrected chi connectivity index (χ1v) is 32.9. The number of carboxylic acid groups (broad SMARTS) is 1. The Morgan fingerprint density at radius 3 is 2.36 bits per heavy atom. The van der Waals surface area contributed by atoms with Gasteiger partial charge in [0.1, 0.15) is 48.2 Å². The molecule has 6 aliphatic rings. The molecule has 6 heterocycles. The summed E-state index contributed by atoms with van der Waals surface area (Å²) < 4.78 is 17.7. The van der Waals surface area contributed by atoms with Crippen molar-refractivity contribution in [1.29, 1.82) is 0 Å². The largest absolute Gasteiger partial charge is 0.496 e. The van der Waals surface area contributed by atoms with Gasteiger partial charge in [-0.05, 0) is 80.7 Å². The van der Waals surface area contributed by atoms with E-state index in [4.69, 9.17) is 19.3 Å². The number of hydrogen-bond donors (Lipinski definition) is 14. The van der Waals surface area contributed by atoms with E-state index in [2.05, 4.69) is 36.3 Å². The van der Waals surface area contributed by atoms with Crippen molar-refractivity contribution in [2.24, 2.45) is 17.3 Å². The maximum atomic E-state index is 15.5. The third kappa shape index (κ3) is 12.2. The molecule has 89 heavy (non-hydrogen) atoms. The number of benzene rings is 2. The lowest BCUT2D eigenvalue weighted by atomic mass is 9.47. The highest BCUT2D eigenvalue weighted by Crippen LogP contribution is 2.67. The second-order valence-corrected chi connectivity index (χ2v) is 27.5. The van der Waals surface area contributed by atoms with Gasteiger partial charge in [-0.25, -0.2) is 15.0 Å². The van der Waals surface area contributed by atoms with Crippen molar-refractivity contribution in [3.05, 3.63) is 70.9 Å². The lowest BCUT2D eigenvalue weighted by molar-refractivity contribution is -0.204. The number of esters is 1. The van der Waals surface area contributed by atoms with Gasteiger partial charge in [0.15, 0.2) is 5.60 Å². The molecule has 1 saturated carbocycles. The van der Waals surface area contributed by atoms with Crippen LogP contribution in [0.5, 0.6) is 5.75 Å². The van der Waals surface area contributed by atoms with Gasteiger partial charge in [-0.2, -0.15) is 0 Å². The average Bonchev–Trinajstić information content (AvgIpc) is 1.55. The number of para-hydroxylation sites is 1. The molecule has 9 rings (SSSR count). The minimum atomic E-state index is -2.64. The Labute approximate surface area is 523 Å². The van der Waals surface area contributed by atoms with Crippen LogP contribution in [0.2, 0.25) is 0 Å². The van der Waals surface area contributed by atoms with Crippen molar-refractivity contribution in [3.8, 4) is 5.75 Å². The van der Waals surface area contributed by atoms with Crippen LogP contribution in [0.15, 0.2) is 48.6 Å². The molecule has 16 atom stereocenters. The number of hydrogen-bond acceptors (Lipinski definition) is 22. The standard InChI is InChI=1S/C61H86N8O18S2/c1-7-57(83)26-34-27-60(55(81)86-6,48-36(16-20-68(29-34)32-57)35-12-9-10-13-39(35)63-48)38-24-37-41(25-44(38)85-5)67(4)52-59(37)18-21-69-19-11-17-58(8-2,51(59)69)53(79)61(52,84)54(80)65-66-56(82)87-22-23-88-89-31-40(50(77)78)64-49(76)33(3)14-15-45(73)62-28-42(71)46(74)47(75)43(72)30-70/h9-13,17,24-25,33-34,40,42-43,46-47,51-53,63,70-72,74-75,79,83-84H,7-8,14-16,18-23,26-32H2,1-6H3,(H,62,73)(H,64,76)(H,65,80)(H,66,82)(H,77,78)/t33-,34+,40-,42-,43+,46+,47+,51-,52+,53+,57-,58+,59+,60-,61-/m0/s1. The number of ether oxygens (including phenoxy) is 3. The summed E-state index contributed by atoms with van der Waals surface area (Å²) >= 11 is 0. The Balaban J connectivity index is 0.902. The predicted octanol–water partition coefficient (Wildman–Crippen LogP) is -0.0763. The van der Waals surface area contributed by atoms with Crippen molar-refractivity contribution in [3.63, 3.8) is 0 Å². The predicted molar refractivity (Wildman–Crippen MR) is 328 cm³/mol. The van der Waals surface area contributed by atoms with E-state index in [-0.39, 0.29) is 43.3 Å². The van der Waals surface area contributed by atoms with Gasteiger partial charge < -0.3 is 80.7 Å². The van der Waals surface area contributed by atoms with E-state index in [1.807, 2.05) is 62.4 Å². The number of nitrogens with one attached hydrogen (secondary N) is 5. The Morgan fingerprint density at radius 2 is 1.66 bits per heavy atom. The smallest absolute Gasteiger partial charge is 0.426 e. The van der Waals surface area contributed by atoms with Crippen molar-refractivity contribution >= 4 is 73.9 Å². The summed E-state index contributed by atoms with van der Waals surface area (Å²) in [4.78, 5) is 91.5. The monoisotopic (exact) mass is 1280 g/mol. The molecule has 3 fully saturated rings. The second kappa shape index (κ2) is 27.2. The minimum Gasteiger partial charge on any atom is -0.496 e. The van der Waals surface area contributed by atoms with Gasteiger partial charge in [0.05, 0.1) is 38.6 Å². The molecule has 1 aliphatic carbocycles. The van der Waals surface area contributed by atoms with Crippen molar-refractivity contribution in [1.82, 2.24) is 36.3 Å². The fourth-order valence-corrected chi connectivity index (χ4v) is 17.6. The van der Waals surface area contributed by atoms with E-state index in [1.165, 1.54) is 21.1 Å². The number of hydrazine groups is 1. The van der Waals surface area contributed by atoms with Gasteiger partial charge in [0.25, 0.3) is 5.91 Å². The number of carbonyl (C=O) groups excluding carboxylic acids is 5. The number of aliphatic hydroxyl groups is 8. The average molecular weight is 1280 g/mol. The quantitative estimate of drug-likeness (QED) is 0.0183. The lowest BCUT2D eigenvalue weighted by Gasteiger charge is -2.63. The molecule has 26 nitrogen and oxygen atoms in total. The van der Waals surface area contributed by atoms with Gasteiger partial charge >= 0.3 is 18.0 Å². The number of aromatic nitrogens is 1. The molecular formula is C61H86N8O18S2. The number of nitrogens with zero attached hydrogens (tertiary/aromatic N) is 3. The highest BCUT2D eigenvalue weighted by Gasteiger charge is 2.79. The third-order valence-corrected chi connectivity index (χ3v) is 22.3. The number of carbonyl (C=O) groups is 6. The van der Waals surface area contributed by atoms with Crippen LogP contribution in [0.1, 0.15) is 88.1 Å². The first kappa shape index (κ1) is 67.6. The molecule has 3 aromatic rings. The maximum absolute atomic E-state index is 15.5. The molecule has 4 amide bonds. The fraction of sp³-hybridized carbons (Fsp3) is 0.639. The zero-order valence-electron chi connectivity index (χ0n) is 51.0. The zero-order valence-corrected chi connectivity index (χ0v) is 52.6. The van der Waals surface area contributed by atoms with Gasteiger partial charge in [0, 0.05) is 114 Å². The highest BCUT2D eigenvalue weighted by molar-refractivity contribution is 8.76. The maximum Gasteiger partial charge on any atom is 0.426 e. The van der Waals surface area contributed by atoms with Gasteiger partial charge in [0.2, 0.25) is 11.8 Å². The second-order valence-electron chi connectivity index (χ2n) is 24.9. The molecule has 0 radical (unpaired) electrons. The van der Waals surface area contributed by atoms with Gasteiger partial charge in [-0.3, -0.25) is 34.4 Å². The molecule has 2 bridgehead atoms. The summed E-state index contributed by atoms with van der Waals surface area (Å²) in [7, 11) is 6.87. The number of piperidine rings is 1. The summed E-state index contributed by atoms with van der Waals surface area (Å²) in [5.41, 5.74) is 1.40. The van der Waals surface area contributed by atoms with E-state index in [9.17, 15) is 60.0 Å². The number of aliphatic hydroxyl groups excluding tert-OH is 6. The Bertz CT molecular complexity index is 3160. The van der Waals surface area contributed by atoms with Crippen LogP contribution in [-0.4, -0.2) is 242 Å². The Morgan fingerprint density at radius 1 is 0.921 bits per heavy atom. The molecule has 1 unspecified atom stereocenters. The minimum absolute atomic E-state index is 0.0170. The summed E-state index contributed by atoms with van der Waals surface area (Å²) in [6.07, 6.45) is -3.91. The van der Waals surface area contributed by atoms with Crippen LogP contribution in [0.3, 0.4) is 0 Å². The molecule has 28 heteroatoms. The number of methoxy groups -OCH3 is 2. The van der Waals surface area contributed by atoms with Crippen molar-refractivity contribution in [2.45, 2.75) is 143 Å². The molecule has 2 aromatic carbocycles. The normalized spacial score (nSPS) is 30.5. The number of aromatic amines is 1. The summed E-state index contributed by atoms with van der Waals surface area (Å²) in [5, 5.41) is 102. The van der Waals surface area contributed by atoms with Gasteiger partial charge in [-0.15, -0.1) is 0 Å². The number of fused-ring (bicyclic) bond motifs is 6. The summed E-state index contributed by atoms with van der Waals surface area (Å²) in [5.74, 6) is -4.87. The molecule has 5 aliphatic heterocycles. The Hall–Kier alpha value is -5.76. The van der Waals surface area contributed by atoms with Crippen LogP contribution in [-0.2, 0) is 50.7 Å². The van der Waals surface area contributed by atoms with Crippen LogP contribution in [0.25, 0.3) is 10.9 Å². The van der Waals surface area contributed by atoms with Crippen LogP contribution in [0, 0.1) is 17.3 Å². The molecule has 1 spiro atoms. The Kier molecular flexibility index (Phi) is 20.7. The molecular weight excluding hydrogens is 1200 g/mol. The molecule has 1 aromatic heterocycles. The first-order chi connectivity index (χ1) is 42.3. The van der Waals surface area contributed by atoms with E-state index >= 15 is 9.59 Å². The van der Waals surface area contributed by atoms with E-state index < -0.39 is 131 Å². The number of likely N-dealkylation sites (N-methyl/N-ethyl adjacent to an activating group) is 1. The number of H-pyrrole nitrogens is 1. The number of aliphatic carboxylic acids is 1. The number of amides is 4. The number of carboxylic acids is 1. The van der Waals surface area contributed by atoms with Crippen LogP contribution >= 0.6 is 21.6 Å². The molecule has 490 valence electrons. The SMILES string of the molecule is CC[C@]1(O)C[C@H]2CN(CCc3c([nH]c4ccccc34)[C@@](C(=O)OC)(c3cc4c(cc3OC)N(C)[C@H]3[C@@](O)(C(=O)NNC(=O)OCCSSC[C@H](NC(=O)[C@@H](C)CCC(=O)NC[C@H](O)[C@@H](O)[C@H](O)[C@H](O)CO)C(=O)O)[C@H](O)[C@]5(CC)C=CCN6CC[C@]43[C@@H]65)C2)C1. The van der Waals surface area contributed by atoms with E-state index in [1.54, 1.807) is 11.9 Å². The van der Waals surface area contributed by atoms with Crippen LogP contribution in [0.4, 0.5) is 10.5 Å². The number of anilines is 1.